The molecule has 1 heterocycles. The maximum Gasteiger partial charge on any atom is 0.158 e. The smallest absolute Gasteiger partial charge is 0.158 e. The monoisotopic (exact) mass is 202 g/mol. The fraction of sp³-hybridized carbons (Fsp3) is 1.00. The Labute approximate surface area is 86.4 Å². The van der Waals surface area contributed by atoms with Gasteiger partial charge in [0.2, 0.25) is 0 Å². The van der Waals surface area contributed by atoms with E-state index in [9.17, 15) is 0 Å². The van der Waals surface area contributed by atoms with Crippen LogP contribution in [0.5, 0.6) is 0 Å². The molecular weight excluding hydrogens is 180 g/mol. The topological polar surface area (TPSA) is 38.7 Å². The van der Waals surface area contributed by atoms with E-state index in [2.05, 4.69) is 6.92 Å². The molecule has 0 radical (unpaired) electrons. The van der Waals surface area contributed by atoms with Crippen molar-refractivity contribution in [2.75, 3.05) is 13.2 Å². The summed E-state index contributed by atoms with van der Waals surface area (Å²) in [5, 5.41) is 9.10. The van der Waals surface area contributed by atoms with E-state index >= 15 is 0 Å². The molecule has 0 aromatic rings. The van der Waals surface area contributed by atoms with E-state index in [0.717, 1.165) is 38.7 Å². The van der Waals surface area contributed by atoms with Crippen molar-refractivity contribution in [3.05, 3.63) is 0 Å². The Kier molecular flexibility index (Phi) is 6.15. The molecule has 0 spiro atoms. The molecule has 0 aromatic carbocycles. The molecule has 1 saturated heterocycles. The van der Waals surface area contributed by atoms with Gasteiger partial charge in [-0.25, -0.2) is 0 Å². The van der Waals surface area contributed by atoms with E-state index < -0.39 is 0 Å². The molecule has 1 fully saturated rings. The SMILES string of the molecule is CCCCC(CO)OC1CCCCO1. The Hall–Kier alpha value is -0.120. The first-order valence-electron chi connectivity index (χ1n) is 5.74. The first-order chi connectivity index (χ1) is 6.86. The zero-order chi connectivity index (χ0) is 10.2. The summed E-state index contributed by atoms with van der Waals surface area (Å²) in [6.45, 7) is 3.06. The van der Waals surface area contributed by atoms with Crippen molar-refractivity contribution in [2.45, 2.75) is 57.8 Å². The van der Waals surface area contributed by atoms with Gasteiger partial charge < -0.3 is 14.6 Å². The highest BCUT2D eigenvalue weighted by Gasteiger charge is 2.18. The molecule has 3 nitrogen and oxygen atoms in total. The summed E-state index contributed by atoms with van der Waals surface area (Å²) in [6, 6.07) is 0. The average molecular weight is 202 g/mol. The van der Waals surface area contributed by atoms with Crippen molar-refractivity contribution in [3.63, 3.8) is 0 Å². The van der Waals surface area contributed by atoms with E-state index in [1.807, 2.05) is 0 Å². The van der Waals surface area contributed by atoms with Gasteiger partial charge in [-0.3, -0.25) is 0 Å². The van der Waals surface area contributed by atoms with Gasteiger partial charge in [0.05, 0.1) is 12.7 Å². The van der Waals surface area contributed by atoms with Gasteiger partial charge in [0.15, 0.2) is 6.29 Å². The Morgan fingerprint density at radius 1 is 1.50 bits per heavy atom. The molecule has 1 aliphatic heterocycles. The van der Waals surface area contributed by atoms with Crippen LogP contribution in [0.3, 0.4) is 0 Å². The van der Waals surface area contributed by atoms with Gasteiger partial charge in [0.25, 0.3) is 0 Å². The van der Waals surface area contributed by atoms with Crippen molar-refractivity contribution in [1.82, 2.24) is 0 Å². The van der Waals surface area contributed by atoms with Crippen LogP contribution in [-0.2, 0) is 9.47 Å². The molecule has 84 valence electrons. The Morgan fingerprint density at radius 3 is 2.93 bits per heavy atom. The van der Waals surface area contributed by atoms with Gasteiger partial charge in [-0.1, -0.05) is 19.8 Å². The lowest BCUT2D eigenvalue weighted by Gasteiger charge is -2.26. The Bertz CT molecular complexity index is 132. The second-order valence-corrected chi connectivity index (χ2v) is 3.88. The van der Waals surface area contributed by atoms with E-state index in [1.165, 1.54) is 6.42 Å². The predicted molar refractivity (Wildman–Crippen MR) is 55.1 cm³/mol. The highest BCUT2D eigenvalue weighted by Crippen LogP contribution is 2.17. The van der Waals surface area contributed by atoms with Crippen LogP contribution in [0.4, 0.5) is 0 Å². The van der Waals surface area contributed by atoms with Gasteiger partial charge in [-0.15, -0.1) is 0 Å². The van der Waals surface area contributed by atoms with E-state index in [1.54, 1.807) is 0 Å². The lowest BCUT2D eigenvalue weighted by atomic mass is 10.1. The van der Waals surface area contributed by atoms with E-state index in [0.29, 0.717) is 0 Å². The molecule has 0 amide bonds. The van der Waals surface area contributed by atoms with Crippen molar-refractivity contribution in [1.29, 1.82) is 0 Å². The molecule has 2 atom stereocenters. The van der Waals surface area contributed by atoms with Crippen LogP contribution < -0.4 is 0 Å². The molecule has 1 N–H and O–H groups in total. The average Bonchev–Trinajstić information content (AvgIpc) is 2.25. The van der Waals surface area contributed by atoms with E-state index in [-0.39, 0.29) is 19.0 Å². The lowest BCUT2D eigenvalue weighted by Crippen LogP contribution is -2.29. The summed E-state index contributed by atoms with van der Waals surface area (Å²) in [5.41, 5.74) is 0. The summed E-state index contributed by atoms with van der Waals surface area (Å²) in [4.78, 5) is 0. The first kappa shape index (κ1) is 12.0. The number of hydrogen-bond donors (Lipinski definition) is 1. The van der Waals surface area contributed by atoms with Crippen LogP contribution in [0.15, 0.2) is 0 Å². The van der Waals surface area contributed by atoms with Crippen LogP contribution in [0, 0.1) is 0 Å². The summed E-state index contributed by atoms with van der Waals surface area (Å²) in [7, 11) is 0. The highest BCUT2D eigenvalue weighted by atomic mass is 16.7. The fourth-order valence-corrected chi connectivity index (χ4v) is 1.67. The van der Waals surface area contributed by atoms with Crippen LogP contribution >= 0.6 is 0 Å². The minimum absolute atomic E-state index is 0.0296. The van der Waals surface area contributed by atoms with Gasteiger partial charge in [0.1, 0.15) is 0 Å². The van der Waals surface area contributed by atoms with Gasteiger partial charge in [-0.2, -0.15) is 0 Å². The number of rotatable bonds is 6. The largest absolute Gasteiger partial charge is 0.394 e. The third kappa shape index (κ3) is 4.40. The van der Waals surface area contributed by atoms with Gasteiger partial charge in [0, 0.05) is 6.61 Å². The number of unbranched alkanes of at least 4 members (excludes halogenated alkanes) is 1. The van der Waals surface area contributed by atoms with Crippen molar-refractivity contribution in [2.24, 2.45) is 0 Å². The van der Waals surface area contributed by atoms with Gasteiger partial charge >= 0.3 is 0 Å². The molecule has 1 aliphatic rings. The molecule has 1 rings (SSSR count). The zero-order valence-corrected chi connectivity index (χ0v) is 9.08. The molecule has 0 saturated carbocycles. The van der Waals surface area contributed by atoms with Crippen molar-refractivity contribution in [3.8, 4) is 0 Å². The number of aliphatic hydroxyl groups is 1. The summed E-state index contributed by atoms with van der Waals surface area (Å²) < 4.78 is 11.1. The third-order valence-corrected chi connectivity index (χ3v) is 2.57. The zero-order valence-electron chi connectivity index (χ0n) is 9.08. The molecule has 14 heavy (non-hydrogen) atoms. The number of aliphatic hydroxyl groups excluding tert-OH is 1. The molecular formula is C11H22O3. The fourth-order valence-electron chi connectivity index (χ4n) is 1.67. The molecule has 0 aromatic heterocycles. The summed E-state index contributed by atoms with van der Waals surface area (Å²) in [5.74, 6) is 0. The van der Waals surface area contributed by atoms with Crippen LogP contribution in [-0.4, -0.2) is 30.7 Å². The van der Waals surface area contributed by atoms with Gasteiger partial charge in [-0.05, 0) is 25.7 Å². The quantitative estimate of drug-likeness (QED) is 0.716. The predicted octanol–water partition coefficient (Wildman–Crippen LogP) is 2.08. The summed E-state index contributed by atoms with van der Waals surface area (Å²) >= 11 is 0. The lowest BCUT2D eigenvalue weighted by molar-refractivity contribution is -0.196. The molecule has 2 unspecified atom stereocenters. The molecule has 0 bridgehead atoms. The maximum atomic E-state index is 9.10. The summed E-state index contributed by atoms with van der Waals surface area (Å²) in [6.07, 6.45) is 6.38. The normalized spacial score (nSPS) is 24.9. The minimum Gasteiger partial charge on any atom is -0.394 e. The van der Waals surface area contributed by atoms with Crippen molar-refractivity contribution >= 4 is 0 Å². The molecule has 3 heteroatoms. The first-order valence-corrected chi connectivity index (χ1v) is 5.74. The van der Waals surface area contributed by atoms with E-state index in [4.69, 9.17) is 14.6 Å². The number of hydrogen-bond acceptors (Lipinski definition) is 3. The van der Waals surface area contributed by atoms with Crippen molar-refractivity contribution < 1.29 is 14.6 Å². The second-order valence-electron chi connectivity index (χ2n) is 3.88. The van der Waals surface area contributed by atoms with Crippen LogP contribution in [0.25, 0.3) is 0 Å². The number of ether oxygens (including phenoxy) is 2. The Balaban J connectivity index is 2.16. The van der Waals surface area contributed by atoms with Crippen LogP contribution in [0.1, 0.15) is 45.4 Å². The highest BCUT2D eigenvalue weighted by molar-refractivity contribution is 4.60. The van der Waals surface area contributed by atoms with Crippen LogP contribution in [0.2, 0.25) is 0 Å². The molecule has 0 aliphatic carbocycles. The maximum absolute atomic E-state index is 9.10. The third-order valence-electron chi connectivity index (χ3n) is 2.57. The minimum atomic E-state index is -0.0715. The second kappa shape index (κ2) is 7.21. The standard InChI is InChI=1S/C11H22O3/c1-2-3-6-10(9-12)14-11-7-4-5-8-13-11/h10-12H,2-9H2,1H3. The Morgan fingerprint density at radius 2 is 2.36 bits per heavy atom.